The topological polar surface area (TPSA) is 32.7 Å². The molecule has 0 spiro atoms. The summed E-state index contributed by atoms with van der Waals surface area (Å²) in [6.07, 6.45) is 2.67. The third-order valence-corrected chi connectivity index (χ3v) is 4.23. The van der Waals surface area contributed by atoms with Gasteiger partial charge in [-0.15, -0.1) is 0 Å². The maximum absolute atomic E-state index is 13.6. The normalized spacial score (nSPS) is 21.3. The largest absolute Gasteiger partial charge is 0.485 e. The highest BCUT2D eigenvalue weighted by Crippen LogP contribution is 2.26. The Hall–Kier alpha value is -0.720. The zero-order chi connectivity index (χ0) is 15.4. The van der Waals surface area contributed by atoms with E-state index in [1.807, 2.05) is 0 Å². The standard InChI is InChI=1S/C15H20BrF2NO2/c1-10-4-2-3-5-19(10)8-12(20)9-21-15-13(17)6-11(16)7-14(15)18/h6-7,10,12,20H,2-5,8-9H2,1H3/t10-,12+/m1/s1. The highest BCUT2D eigenvalue weighted by Gasteiger charge is 2.21. The molecule has 118 valence electrons. The molecule has 0 radical (unpaired) electrons. The summed E-state index contributed by atoms with van der Waals surface area (Å²) in [5.41, 5.74) is 0. The van der Waals surface area contributed by atoms with Crippen molar-refractivity contribution in [3.05, 3.63) is 28.2 Å². The zero-order valence-corrected chi connectivity index (χ0v) is 13.6. The molecule has 0 saturated carbocycles. The zero-order valence-electron chi connectivity index (χ0n) is 12.0. The molecular weight excluding hydrogens is 344 g/mol. The van der Waals surface area contributed by atoms with Gasteiger partial charge < -0.3 is 9.84 Å². The number of benzene rings is 1. The van der Waals surface area contributed by atoms with Gasteiger partial charge in [0.05, 0.1) is 0 Å². The Kier molecular flexibility index (Phi) is 5.96. The maximum atomic E-state index is 13.6. The van der Waals surface area contributed by atoms with Crippen molar-refractivity contribution in [3.8, 4) is 5.75 Å². The van der Waals surface area contributed by atoms with Crippen LogP contribution in [0.25, 0.3) is 0 Å². The Labute approximate surface area is 132 Å². The molecule has 21 heavy (non-hydrogen) atoms. The number of β-amino-alcohol motifs (C(OH)–C–C–N with tert-alkyl or cyclic N) is 1. The Morgan fingerprint density at radius 3 is 2.67 bits per heavy atom. The van der Waals surface area contributed by atoms with Crippen LogP contribution < -0.4 is 4.74 Å². The van der Waals surface area contributed by atoms with E-state index >= 15 is 0 Å². The van der Waals surface area contributed by atoms with Gasteiger partial charge in [-0.25, -0.2) is 8.78 Å². The Balaban J connectivity index is 1.88. The minimum atomic E-state index is -0.777. The van der Waals surface area contributed by atoms with Crippen LogP contribution in [0.3, 0.4) is 0 Å². The lowest BCUT2D eigenvalue weighted by molar-refractivity contribution is 0.0418. The third kappa shape index (κ3) is 4.63. The second-order valence-electron chi connectivity index (χ2n) is 5.50. The first-order valence-corrected chi connectivity index (χ1v) is 7.96. The van der Waals surface area contributed by atoms with E-state index in [4.69, 9.17) is 4.74 Å². The van der Waals surface area contributed by atoms with Crippen molar-refractivity contribution < 1.29 is 18.6 Å². The first kappa shape index (κ1) is 16.6. The summed E-state index contributed by atoms with van der Waals surface area (Å²) in [4.78, 5) is 2.19. The SMILES string of the molecule is C[C@@H]1CCCCN1C[C@H](O)COc1c(F)cc(Br)cc1F. The van der Waals surface area contributed by atoms with Crippen LogP contribution in [0.4, 0.5) is 8.78 Å². The molecule has 6 heteroatoms. The van der Waals surface area contributed by atoms with Crippen LogP contribution in [0.15, 0.2) is 16.6 Å². The van der Waals surface area contributed by atoms with Gasteiger partial charge in [0, 0.05) is 17.1 Å². The van der Waals surface area contributed by atoms with Crippen molar-refractivity contribution in [3.63, 3.8) is 0 Å². The van der Waals surface area contributed by atoms with Crippen molar-refractivity contribution in [2.75, 3.05) is 19.7 Å². The number of aliphatic hydroxyl groups excluding tert-OH is 1. The fraction of sp³-hybridized carbons (Fsp3) is 0.600. The van der Waals surface area contributed by atoms with E-state index in [9.17, 15) is 13.9 Å². The minimum absolute atomic E-state index is 0.126. The highest BCUT2D eigenvalue weighted by molar-refractivity contribution is 9.10. The molecule has 0 aromatic heterocycles. The molecule has 0 aliphatic carbocycles. The average molecular weight is 364 g/mol. The molecule has 1 aliphatic heterocycles. The predicted molar refractivity (Wildman–Crippen MR) is 80.4 cm³/mol. The lowest BCUT2D eigenvalue weighted by atomic mass is 10.0. The molecule has 1 aromatic rings. The third-order valence-electron chi connectivity index (χ3n) is 3.77. The van der Waals surface area contributed by atoms with Gasteiger partial charge in [0.2, 0.25) is 0 Å². The van der Waals surface area contributed by atoms with Crippen LogP contribution in [0.2, 0.25) is 0 Å². The second kappa shape index (κ2) is 7.51. The fourth-order valence-electron chi connectivity index (χ4n) is 2.60. The summed E-state index contributed by atoms with van der Waals surface area (Å²) in [6, 6.07) is 2.70. The van der Waals surface area contributed by atoms with E-state index < -0.39 is 23.5 Å². The molecule has 2 atom stereocenters. The lowest BCUT2D eigenvalue weighted by Crippen LogP contribution is -2.43. The molecule has 1 aliphatic rings. The molecule has 3 nitrogen and oxygen atoms in total. The second-order valence-corrected chi connectivity index (χ2v) is 6.42. The van der Waals surface area contributed by atoms with Gasteiger partial charge in [0.1, 0.15) is 12.7 Å². The Bertz CT molecular complexity index is 464. The number of hydrogen-bond donors (Lipinski definition) is 1. The summed E-state index contributed by atoms with van der Waals surface area (Å²) < 4.78 is 32.6. The van der Waals surface area contributed by atoms with Crippen LogP contribution in [-0.4, -0.2) is 41.8 Å². The summed E-state index contributed by atoms with van der Waals surface area (Å²) in [5, 5.41) is 10.00. The molecule has 2 rings (SSSR count). The summed E-state index contributed by atoms with van der Waals surface area (Å²) in [6.45, 7) is 3.40. The molecule has 1 aromatic carbocycles. The molecule has 0 bridgehead atoms. The molecule has 1 N–H and O–H groups in total. The Morgan fingerprint density at radius 2 is 2.05 bits per heavy atom. The van der Waals surface area contributed by atoms with E-state index in [-0.39, 0.29) is 6.61 Å². The van der Waals surface area contributed by atoms with Crippen molar-refractivity contribution in [2.45, 2.75) is 38.3 Å². The average Bonchev–Trinajstić information content (AvgIpc) is 2.40. The molecule has 0 unspecified atom stereocenters. The van der Waals surface area contributed by atoms with Crippen LogP contribution in [0, 0.1) is 11.6 Å². The number of aliphatic hydroxyl groups is 1. The van der Waals surface area contributed by atoms with Crippen molar-refractivity contribution in [2.24, 2.45) is 0 Å². The quantitative estimate of drug-likeness (QED) is 0.870. The summed E-state index contributed by atoms with van der Waals surface area (Å²) in [7, 11) is 0. The van der Waals surface area contributed by atoms with Gasteiger partial charge in [-0.2, -0.15) is 0 Å². The molecule has 1 fully saturated rings. The van der Waals surface area contributed by atoms with Gasteiger partial charge in [0.15, 0.2) is 17.4 Å². The van der Waals surface area contributed by atoms with Gasteiger partial charge in [-0.3, -0.25) is 4.90 Å². The number of piperidine rings is 1. The summed E-state index contributed by atoms with van der Waals surface area (Å²) >= 11 is 3.01. The smallest absolute Gasteiger partial charge is 0.190 e. The molecule has 1 saturated heterocycles. The van der Waals surface area contributed by atoms with Crippen molar-refractivity contribution in [1.82, 2.24) is 4.90 Å². The molecule has 0 amide bonds. The van der Waals surface area contributed by atoms with Gasteiger partial charge >= 0.3 is 0 Å². The maximum Gasteiger partial charge on any atom is 0.190 e. The van der Waals surface area contributed by atoms with E-state index in [1.165, 1.54) is 6.42 Å². The van der Waals surface area contributed by atoms with Crippen LogP contribution >= 0.6 is 15.9 Å². The fourth-order valence-corrected chi connectivity index (χ4v) is 3.00. The summed E-state index contributed by atoms with van der Waals surface area (Å²) in [5.74, 6) is -2.00. The van der Waals surface area contributed by atoms with Gasteiger partial charge in [-0.1, -0.05) is 22.4 Å². The number of halogens is 3. The monoisotopic (exact) mass is 363 g/mol. The van der Waals surface area contributed by atoms with Gasteiger partial charge in [0.25, 0.3) is 0 Å². The van der Waals surface area contributed by atoms with E-state index in [1.54, 1.807) is 0 Å². The Morgan fingerprint density at radius 1 is 1.38 bits per heavy atom. The number of nitrogens with zero attached hydrogens (tertiary/aromatic N) is 1. The van der Waals surface area contributed by atoms with E-state index in [0.717, 1.165) is 31.5 Å². The van der Waals surface area contributed by atoms with E-state index in [0.29, 0.717) is 17.1 Å². The van der Waals surface area contributed by atoms with Crippen LogP contribution in [-0.2, 0) is 0 Å². The number of rotatable bonds is 5. The number of ether oxygens (including phenoxy) is 1. The van der Waals surface area contributed by atoms with Crippen molar-refractivity contribution in [1.29, 1.82) is 0 Å². The van der Waals surface area contributed by atoms with Crippen LogP contribution in [0.1, 0.15) is 26.2 Å². The highest BCUT2D eigenvalue weighted by atomic mass is 79.9. The first-order chi connectivity index (χ1) is 9.97. The lowest BCUT2D eigenvalue weighted by Gasteiger charge is -2.34. The van der Waals surface area contributed by atoms with Crippen molar-refractivity contribution >= 4 is 15.9 Å². The van der Waals surface area contributed by atoms with E-state index in [2.05, 4.69) is 27.8 Å². The predicted octanol–water partition coefficient (Wildman–Crippen LogP) is 3.34. The number of likely N-dealkylation sites (tertiary alicyclic amines) is 1. The minimum Gasteiger partial charge on any atom is -0.485 e. The molecular formula is C15H20BrF2NO2. The molecule has 1 heterocycles. The number of hydrogen-bond acceptors (Lipinski definition) is 3. The first-order valence-electron chi connectivity index (χ1n) is 7.17. The van der Waals surface area contributed by atoms with Gasteiger partial charge in [-0.05, 0) is 38.4 Å². The van der Waals surface area contributed by atoms with Crippen LogP contribution in [0.5, 0.6) is 5.75 Å².